The molecule has 0 bridgehead atoms. The van der Waals surface area contributed by atoms with Crippen LogP contribution in [0.25, 0.3) is 0 Å². The van der Waals surface area contributed by atoms with Gasteiger partial charge in [-0.2, -0.15) is 0 Å². The van der Waals surface area contributed by atoms with E-state index in [-0.39, 0.29) is 6.29 Å². The van der Waals surface area contributed by atoms with Gasteiger partial charge in [0.05, 0.1) is 6.54 Å². The highest BCUT2D eigenvalue weighted by molar-refractivity contribution is 5.51. The zero-order valence-electron chi connectivity index (χ0n) is 7.59. The molecular weight excluding hydrogens is 146 g/mol. The van der Waals surface area contributed by atoms with Crippen molar-refractivity contribution in [2.24, 2.45) is 0 Å². The normalized spacial score (nSPS) is 8.82. The number of carbonyl (C=O) groups is 1. The van der Waals surface area contributed by atoms with E-state index < -0.39 is 0 Å². The van der Waals surface area contributed by atoms with Gasteiger partial charge in [-0.15, -0.1) is 0 Å². The summed E-state index contributed by atoms with van der Waals surface area (Å²) in [7, 11) is 4.94. The van der Waals surface area contributed by atoms with Crippen LogP contribution in [0, 0.1) is 0 Å². The standard InChI is InChI=1S/C4H10O2.C3H7NO/c1-4(5-2)6-3;1-4-2-3-5/h4H,1-3H3;3-4H,2H2,1H3. The van der Waals surface area contributed by atoms with E-state index >= 15 is 0 Å². The molecule has 11 heavy (non-hydrogen) atoms. The van der Waals surface area contributed by atoms with Crippen molar-refractivity contribution < 1.29 is 14.3 Å². The van der Waals surface area contributed by atoms with Crippen LogP contribution in [0.1, 0.15) is 6.92 Å². The number of aldehydes is 1. The van der Waals surface area contributed by atoms with Gasteiger partial charge in [0, 0.05) is 14.2 Å². The van der Waals surface area contributed by atoms with Crippen molar-refractivity contribution in [3.05, 3.63) is 0 Å². The van der Waals surface area contributed by atoms with E-state index in [2.05, 4.69) is 14.8 Å². The summed E-state index contributed by atoms with van der Waals surface area (Å²) in [6, 6.07) is 0. The second-order valence-electron chi connectivity index (χ2n) is 1.76. The largest absolute Gasteiger partial charge is 0.356 e. The molecule has 0 spiro atoms. The average Bonchev–Trinajstić information content (AvgIpc) is 2.06. The lowest BCUT2D eigenvalue weighted by atomic mass is 10.7. The number of hydrogen-bond acceptors (Lipinski definition) is 4. The van der Waals surface area contributed by atoms with Crippen LogP contribution >= 0.6 is 0 Å². The molecule has 0 aliphatic rings. The molecule has 68 valence electrons. The zero-order valence-corrected chi connectivity index (χ0v) is 7.59. The predicted octanol–water partition coefficient (Wildman–Crippen LogP) is 0.0299. The van der Waals surface area contributed by atoms with Crippen LogP contribution in [0.4, 0.5) is 0 Å². The van der Waals surface area contributed by atoms with Crippen LogP contribution in [-0.4, -0.2) is 40.4 Å². The number of rotatable bonds is 4. The molecular formula is C7H17NO3. The Morgan fingerprint density at radius 2 is 1.91 bits per heavy atom. The molecule has 0 heterocycles. The molecule has 0 aromatic carbocycles. The number of hydrogen-bond donors (Lipinski definition) is 1. The van der Waals surface area contributed by atoms with E-state index in [9.17, 15) is 4.79 Å². The van der Waals surface area contributed by atoms with Gasteiger partial charge >= 0.3 is 0 Å². The van der Waals surface area contributed by atoms with Crippen LogP contribution in [0.2, 0.25) is 0 Å². The highest BCUT2D eigenvalue weighted by Crippen LogP contribution is 1.82. The fraction of sp³-hybridized carbons (Fsp3) is 0.857. The second kappa shape index (κ2) is 12.2. The van der Waals surface area contributed by atoms with Gasteiger partial charge in [-0.05, 0) is 14.0 Å². The second-order valence-corrected chi connectivity index (χ2v) is 1.76. The van der Waals surface area contributed by atoms with Gasteiger partial charge < -0.3 is 19.6 Å². The summed E-state index contributed by atoms with van der Waals surface area (Å²) < 4.78 is 9.35. The molecule has 0 fully saturated rings. The maximum absolute atomic E-state index is 9.34. The van der Waals surface area contributed by atoms with Crippen molar-refractivity contribution in [3.63, 3.8) is 0 Å². The van der Waals surface area contributed by atoms with E-state index in [1.807, 2.05) is 6.92 Å². The minimum Gasteiger partial charge on any atom is -0.356 e. The molecule has 0 radical (unpaired) electrons. The Morgan fingerprint density at radius 3 is 1.91 bits per heavy atom. The monoisotopic (exact) mass is 163 g/mol. The van der Waals surface area contributed by atoms with Gasteiger partial charge in [0.15, 0.2) is 6.29 Å². The van der Waals surface area contributed by atoms with Crippen molar-refractivity contribution in [3.8, 4) is 0 Å². The Labute approximate surface area is 67.9 Å². The molecule has 0 unspecified atom stereocenters. The Morgan fingerprint density at radius 1 is 1.45 bits per heavy atom. The Hall–Kier alpha value is -0.450. The molecule has 0 atom stereocenters. The van der Waals surface area contributed by atoms with Gasteiger partial charge in [-0.25, -0.2) is 0 Å². The van der Waals surface area contributed by atoms with Crippen molar-refractivity contribution in [1.29, 1.82) is 0 Å². The first kappa shape index (κ1) is 13.2. The molecule has 0 aromatic rings. The smallest absolute Gasteiger partial charge is 0.154 e. The Bertz CT molecular complexity index is 74.1. The predicted molar refractivity (Wildman–Crippen MR) is 43.5 cm³/mol. The lowest BCUT2D eigenvalue weighted by Gasteiger charge is -2.03. The van der Waals surface area contributed by atoms with Gasteiger partial charge in [-0.3, -0.25) is 0 Å². The van der Waals surface area contributed by atoms with Crippen molar-refractivity contribution in [2.45, 2.75) is 13.2 Å². The van der Waals surface area contributed by atoms with Crippen molar-refractivity contribution in [2.75, 3.05) is 27.8 Å². The molecule has 1 N–H and O–H groups in total. The zero-order chi connectivity index (χ0) is 9.11. The Kier molecular flexibility index (Phi) is 14.7. The minimum absolute atomic E-state index is 0.0648. The van der Waals surface area contributed by atoms with Gasteiger partial charge in [0.1, 0.15) is 6.29 Å². The lowest BCUT2D eigenvalue weighted by molar-refractivity contribution is -0.107. The fourth-order valence-corrected chi connectivity index (χ4v) is 0.180. The number of ether oxygens (including phenoxy) is 2. The Balaban J connectivity index is 0. The molecule has 0 aliphatic carbocycles. The molecule has 0 amide bonds. The molecule has 0 aliphatic heterocycles. The maximum atomic E-state index is 9.34. The third-order valence-electron chi connectivity index (χ3n) is 0.951. The summed E-state index contributed by atoms with van der Waals surface area (Å²) in [6.07, 6.45) is 0.755. The number of nitrogens with one attached hydrogen (secondary N) is 1. The summed E-state index contributed by atoms with van der Waals surface area (Å²) in [5.74, 6) is 0. The van der Waals surface area contributed by atoms with Gasteiger partial charge in [0.25, 0.3) is 0 Å². The number of likely N-dealkylation sites (N-methyl/N-ethyl adjacent to an activating group) is 1. The van der Waals surface area contributed by atoms with E-state index in [1.54, 1.807) is 21.3 Å². The van der Waals surface area contributed by atoms with Crippen molar-refractivity contribution >= 4 is 6.29 Å². The molecule has 4 heteroatoms. The minimum atomic E-state index is -0.0648. The topological polar surface area (TPSA) is 47.6 Å². The first-order valence-corrected chi connectivity index (χ1v) is 3.36. The van der Waals surface area contributed by atoms with E-state index in [0.29, 0.717) is 6.54 Å². The van der Waals surface area contributed by atoms with Crippen molar-refractivity contribution in [1.82, 2.24) is 5.32 Å². The van der Waals surface area contributed by atoms with Gasteiger partial charge in [-0.1, -0.05) is 0 Å². The van der Waals surface area contributed by atoms with Crippen LogP contribution in [0.5, 0.6) is 0 Å². The SMILES string of the molecule is CNCC=O.COC(C)OC. The summed E-state index contributed by atoms with van der Waals surface area (Å²) in [5, 5.41) is 2.65. The highest BCUT2D eigenvalue weighted by atomic mass is 16.7. The van der Waals surface area contributed by atoms with E-state index in [1.165, 1.54) is 0 Å². The van der Waals surface area contributed by atoms with Crippen LogP contribution in [0.3, 0.4) is 0 Å². The van der Waals surface area contributed by atoms with Crippen LogP contribution < -0.4 is 5.32 Å². The maximum Gasteiger partial charge on any atom is 0.154 e. The number of methoxy groups -OCH3 is 2. The summed E-state index contributed by atoms with van der Waals surface area (Å²) in [4.78, 5) is 9.34. The summed E-state index contributed by atoms with van der Waals surface area (Å²) >= 11 is 0. The molecule has 0 saturated carbocycles. The lowest BCUT2D eigenvalue weighted by Crippen LogP contribution is -2.07. The summed E-state index contributed by atoms with van der Waals surface area (Å²) in [6.45, 7) is 2.29. The van der Waals surface area contributed by atoms with E-state index in [0.717, 1.165) is 6.29 Å². The quantitative estimate of drug-likeness (QED) is 0.469. The molecule has 0 rings (SSSR count). The first-order valence-electron chi connectivity index (χ1n) is 3.36. The van der Waals surface area contributed by atoms with E-state index in [4.69, 9.17) is 0 Å². The molecule has 4 nitrogen and oxygen atoms in total. The molecule has 0 aromatic heterocycles. The van der Waals surface area contributed by atoms with Gasteiger partial charge in [0.2, 0.25) is 0 Å². The summed E-state index contributed by atoms with van der Waals surface area (Å²) in [5.41, 5.74) is 0. The average molecular weight is 163 g/mol. The fourth-order valence-electron chi connectivity index (χ4n) is 0.180. The third-order valence-corrected chi connectivity index (χ3v) is 0.951. The first-order chi connectivity index (χ1) is 5.22. The number of carbonyl (C=O) groups excluding carboxylic acids is 1. The van der Waals surface area contributed by atoms with Crippen LogP contribution in [-0.2, 0) is 14.3 Å². The molecule has 0 saturated heterocycles. The van der Waals surface area contributed by atoms with Crippen LogP contribution in [0.15, 0.2) is 0 Å². The highest BCUT2D eigenvalue weighted by Gasteiger charge is 1.87. The third kappa shape index (κ3) is 17.7.